The number of imidazole rings is 1. The van der Waals surface area contributed by atoms with Crippen molar-refractivity contribution in [3.63, 3.8) is 0 Å². The van der Waals surface area contributed by atoms with Gasteiger partial charge in [0.05, 0.1) is 17.6 Å². The average Bonchev–Trinajstić information content (AvgIpc) is 3.14. The molecular weight excluding hydrogens is 348 g/mol. The van der Waals surface area contributed by atoms with E-state index in [0.29, 0.717) is 6.54 Å². The molecule has 27 heavy (non-hydrogen) atoms. The molecule has 148 valence electrons. The minimum absolute atomic E-state index is 0.00115. The van der Waals surface area contributed by atoms with Crippen molar-refractivity contribution in [3.8, 4) is 0 Å². The van der Waals surface area contributed by atoms with Crippen LogP contribution in [0.3, 0.4) is 0 Å². The third kappa shape index (κ3) is 2.76. The summed E-state index contributed by atoms with van der Waals surface area (Å²) in [6.45, 7) is 5.60. The first kappa shape index (κ1) is 18.7. The molecular formula is C20H28N2O5. The fourth-order valence-corrected chi connectivity index (χ4v) is 4.57. The molecule has 7 heteroatoms. The molecule has 3 heterocycles. The second-order valence-corrected chi connectivity index (χ2v) is 8.03. The van der Waals surface area contributed by atoms with Gasteiger partial charge in [-0.15, -0.1) is 0 Å². The number of ether oxygens (including phenoxy) is 4. The first-order chi connectivity index (χ1) is 12.9. The molecule has 0 saturated carbocycles. The Labute approximate surface area is 158 Å². The fourth-order valence-electron chi connectivity index (χ4n) is 4.57. The molecule has 1 saturated heterocycles. The summed E-state index contributed by atoms with van der Waals surface area (Å²) in [6, 6.07) is 6.18. The highest BCUT2D eigenvalue weighted by Gasteiger charge is 2.46. The van der Waals surface area contributed by atoms with Gasteiger partial charge in [0, 0.05) is 27.9 Å². The summed E-state index contributed by atoms with van der Waals surface area (Å²) in [6.07, 6.45) is -0.547. The van der Waals surface area contributed by atoms with Gasteiger partial charge in [-0.1, -0.05) is 26.0 Å². The molecule has 4 rings (SSSR count). The molecule has 2 aromatic rings. The van der Waals surface area contributed by atoms with E-state index in [-0.39, 0.29) is 29.4 Å². The Bertz CT molecular complexity index is 900. The monoisotopic (exact) mass is 376 g/mol. The highest BCUT2D eigenvalue weighted by atomic mass is 16.7. The summed E-state index contributed by atoms with van der Waals surface area (Å²) >= 11 is 0. The van der Waals surface area contributed by atoms with Crippen LogP contribution in [-0.4, -0.2) is 55.1 Å². The zero-order valence-corrected chi connectivity index (χ0v) is 16.6. The average molecular weight is 376 g/mol. The van der Waals surface area contributed by atoms with Gasteiger partial charge in [-0.3, -0.25) is 9.13 Å². The van der Waals surface area contributed by atoms with Gasteiger partial charge < -0.3 is 18.9 Å². The first-order valence-corrected chi connectivity index (χ1v) is 9.39. The molecule has 0 N–H and O–H groups in total. The van der Waals surface area contributed by atoms with Crippen molar-refractivity contribution >= 4 is 11.0 Å². The van der Waals surface area contributed by atoms with Gasteiger partial charge in [-0.25, -0.2) is 4.79 Å². The van der Waals surface area contributed by atoms with Crippen molar-refractivity contribution in [1.29, 1.82) is 0 Å². The number of aromatic nitrogens is 2. The van der Waals surface area contributed by atoms with E-state index in [9.17, 15) is 4.79 Å². The SMILES string of the molecule is CO[C@@H]1O[C@H](Cn2c(=O)n3c4c(cccc42)C(C)(C)CC3)[C@@H](OC)[C@H]1OC. The Balaban J connectivity index is 1.77. The number of nitrogens with zero attached hydrogens (tertiary/aromatic N) is 2. The van der Waals surface area contributed by atoms with Crippen LogP contribution in [0, 0.1) is 0 Å². The summed E-state index contributed by atoms with van der Waals surface area (Å²) in [5, 5.41) is 0. The zero-order valence-electron chi connectivity index (χ0n) is 16.6. The van der Waals surface area contributed by atoms with Gasteiger partial charge in [-0.05, 0) is 23.5 Å². The van der Waals surface area contributed by atoms with Crippen LogP contribution >= 0.6 is 0 Å². The Morgan fingerprint density at radius 2 is 1.89 bits per heavy atom. The van der Waals surface area contributed by atoms with Crippen molar-refractivity contribution < 1.29 is 18.9 Å². The Hall–Kier alpha value is -1.67. The second kappa shape index (κ2) is 6.74. The smallest absolute Gasteiger partial charge is 0.329 e. The third-order valence-corrected chi connectivity index (χ3v) is 6.13. The van der Waals surface area contributed by atoms with Gasteiger partial charge in [0.1, 0.15) is 18.3 Å². The van der Waals surface area contributed by atoms with Crippen LogP contribution < -0.4 is 5.69 Å². The number of rotatable bonds is 5. The van der Waals surface area contributed by atoms with E-state index in [4.69, 9.17) is 18.9 Å². The third-order valence-electron chi connectivity index (χ3n) is 6.13. The molecule has 0 unspecified atom stereocenters. The lowest BCUT2D eigenvalue weighted by Gasteiger charge is -2.30. The highest BCUT2D eigenvalue weighted by Crippen LogP contribution is 2.37. The van der Waals surface area contributed by atoms with Crippen LogP contribution in [0.4, 0.5) is 0 Å². The van der Waals surface area contributed by atoms with Gasteiger partial charge in [0.2, 0.25) is 0 Å². The predicted octanol–water partition coefficient (Wildman–Crippen LogP) is 1.89. The molecule has 1 aromatic heterocycles. The van der Waals surface area contributed by atoms with Crippen LogP contribution in [-0.2, 0) is 37.5 Å². The van der Waals surface area contributed by atoms with E-state index in [1.165, 1.54) is 5.56 Å². The molecule has 1 fully saturated rings. The Morgan fingerprint density at radius 3 is 2.56 bits per heavy atom. The molecule has 7 nitrogen and oxygen atoms in total. The van der Waals surface area contributed by atoms with Gasteiger partial charge in [-0.2, -0.15) is 0 Å². The van der Waals surface area contributed by atoms with Gasteiger partial charge >= 0.3 is 5.69 Å². The number of benzene rings is 1. The summed E-state index contributed by atoms with van der Waals surface area (Å²) in [4.78, 5) is 13.2. The number of para-hydroxylation sites is 1. The molecule has 0 bridgehead atoms. The van der Waals surface area contributed by atoms with Crippen molar-refractivity contribution in [3.05, 3.63) is 34.2 Å². The second-order valence-electron chi connectivity index (χ2n) is 8.03. The fraction of sp³-hybridized carbons (Fsp3) is 0.650. The Morgan fingerprint density at radius 1 is 1.15 bits per heavy atom. The van der Waals surface area contributed by atoms with Crippen LogP contribution in [0.25, 0.3) is 11.0 Å². The van der Waals surface area contributed by atoms with E-state index >= 15 is 0 Å². The molecule has 0 aliphatic carbocycles. The summed E-state index contributed by atoms with van der Waals surface area (Å²) < 4.78 is 26.3. The van der Waals surface area contributed by atoms with Crippen LogP contribution in [0.1, 0.15) is 25.8 Å². The lowest BCUT2D eigenvalue weighted by molar-refractivity contribution is -0.157. The first-order valence-electron chi connectivity index (χ1n) is 9.39. The van der Waals surface area contributed by atoms with Crippen molar-refractivity contribution in [2.24, 2.45) is 0 Å². The quantitative estimate of drug-likeness (QED) is 0.797. The topological polar surface area (TPSA) is 63.9 Å². The molecule has 0 spiro atoms. The lowest BCUT2D eigenvalue weighted by atomic mass is 9.79. The molecule has 0 amide bonds. The van der Waals surface area contributed by atoms with E-state index in [0.717, 1.165) is 24.0 Å². The molecule has 2 aliphatic rings. The predicted molar refractivity (Wildman–Crippen MR) is 101 cm³/mol. The summed E-state index contributed by atoms with van der Waals surface area (Å²) in [5.41, 5.74) is 3.26. The van der Waals surface area contributed by atoms with Crippen molar-refractivity contribution in [2.45, 2.75) is 63.4 Å². The number of hydrogen-bond donors (Lipinski definition) is 0. The summed E-state index contributed by atoms with van der Waals surface area (Å²) in [7, 11) is 4.83. The largest absolute Gasteiger partial charge is 0.376 e. The van der Waals surface area contributed by atoms with Gasteiger partial charge in [0.15, 0.2) is 6.29 Å². The van der Waals surface area contributed by atoms with Crippen LogP contribution in [0.2, 0.25) is 0 Å². The molecule has 1 aromatic carbocycles. The van der Waals surface area contributed by atoms with E-state index in [2.05, 4.69) is 19.9 Å². The minimum atomic E-state index is -0.515. The molecule has 4 atom stereocenters. The normalized spacial score (nSPS) is 29.5. The number of aryl methyl sites for hydroxylation is 1. The lowest BCUT2D eigenvalue weighted by Crippen LogP contribution is -2.39. The maximum atomic E-state index is 13.2. The van der Waals surface area contributed by atoms with Crippen molar-refractivity contribution in [1.82, 2.24) is 9.13 Å². The minimum Gasteiger partial charge on any atom is -0.376 e. The number of methoxy groups -OCH3 is 3. The number of hydrogen-bond acceptors (Lipinski definition) is 5. The van der Waals surface area contributed by atoms with Crippen molar-refractivity contribution in [2.75, 3.05) is 21.3 Å². The van der Waals surface area contributed by atoms with E-state index in [1.54, 1.807) is 21.3 Å². The Kier molecular flexibility index (Phi) is 4.66. The molecule has 0 radical (unpaired) electrons. The van der Waals surface area contributed by atoms with E-state index in [1.807, 2.05) is 21.3 Å². The van der Waals surface area contributed by atoms with E-state index < -0.39 is 6.29 Å². The van der Waals surface area contributed by atoms with Crippen LogP contribution in [0.5, 0.6) is 0 Å². The zero-order chi connectivity index (χ0) is 19.3. The maximum absolute atomic E-state index is 13.2. The maximum Gasteiger partial charge on any atom is 0.329 e. The molecule has 2 aliphatic heterocycles. The highest BCUT2D eigenvalue weighted by molar-refractivity contribution is 5.81. The summed E-state index contributed by atoms with van der Waals surface area (Å²) in [5.74, 6) is 0. The van der Waals surface area contributed by atoms with Gasteiger partial charge in [0.25, 0.3) is 0 Å². The van der Waals surface area contributed by atoms with Crippen LogP contribution in [0.15, 0.2) is 23.0 Å². The standard InChI is InChI=1S/C20H28N2O5/c1-20(2)9-10-21-15-12(20)7-6-8-13(15)22(19(21)23)11-14-16(24-3)17(25-4)18(26-5)27-14/h6-8,14,16-18H,9-11H2,1-5H3/t14-,16-,17-,18-/m1/s1.